The van der Waals surface area contributed by atoms with Gasteiger partial charge in [-0.05, 0) is 46.2 Å². The molecule has 28 heavy (non-hydrogen) atoms. The van der Waals surface area contributed by atoms with Crippen LogP contribution in [0.2, 0.25) is 0 Å². The Morgan fingerprint density at radius 2 is 1.75 bits per heavy atom. The van der Waals surface area contributed by atoms with E-state index in [-0.39, 0.29) is 16.8 Å². The third kappa shape index (κ3) is 4.07. The van der Waals surface area contributed by atoms with E-state index >= 15 is 0 Å². The largest absolute Gasteiger partial charge is 0.355 e. The summed E-state index contributed by atoms with van der Waals surface area (Å²) in [5.41, 5.74) is 5.21. The van der Waals surface area contributed by atoms with Crippen molar-refractivity contribution in [3.05, 3.63) is 64.6 Å². The second-order valence-electron chi connectivity index (χ2n) is 6.85. The maximum Gasteiger partial charge on any atom is 0.192 e. The zero-order valence-electron chi connectivity index (χ0n) is 16.7. The number of rotatable bonds is 6. The van der Waals surface area contributed by atoms with Crippen molar-refractivity contribution >= 4 is 23.3 Å². The van der Waals surface area contributed by atoms with Crippen molar-refractivity contribution in [2.45, 2.75) is 45.0 Å². The van der Waals surface area contributed by atoms with Crippen LogP contribution in [-0.2, 0) is 0 Å². The minimum Gasteiger partial charge on any atom is -0.355 e. The number of thioether (sulfide) groups is 1. The fourth-order valence-corrected chi connectivity index (χ4v) is 4.18. The van der Waals surface area contributed by atoms with Crippen LogP contribution in [0.15, 0.2) is 41.6 Å². The van der Waals surface area contributed by atoms with Gasteiger partial charge in [-0.2, -0.15) is 0 Å². The SMILES string of the molecule is CC(=O)c1c(C)[nH]c(C(=O)[C@@H](C)Sc2nc(C)cc(-c3ccccc3)n2)c1C. The number of carbonyl (C=O) groups excluding carboxylic acids is 2. The van der Waals surface area contributed by atoms with E-state index in [2.05, 4.69) is 15.0 Å². The van der Waals surface area contributed by atoms with Gasteiger partial charge in [-0.25, -0.2) is 9.97 Å². The van der Waals surface area contributed by atoms with Gasteiger partial charge in [0.15, 0.2) is 16.7 Å². The van der Waals surface area contributed by atoms with Crippen molar-refractivity contribution in [1.82, 2.24) is 15.0 Å². The molecule has 0 bridgehead atoms. The first-order valence-electron chi connectivity index (χ1n) is 9.10. The fourth-order valence-electron chi connectivity index (χ4n) is 3.29. The molecule has 2 heterocycles. The standard InChI is InChI=1S/C22H23N3O2S/c1-12-11-18(17-9-7-6-8-10-17)25-22(23-12)28-16(5)21(27)20-13(2)19(15(4)26)14(3)24-20/h6-11,16,24H,1-5H3/t16-/m1/s1. The van der Waals surface area contributed by atoms with Crippen molar-refractivity contribution in [3.8, 4) is 11.3 Å². The van der Waals surface area contributed by atoms with Gasteiger partial charge >= 0.3 is 0 Å². The van der Waals surface area contributed by atoms with Crippen LogP contribution >= 0.6 is 11.8 Å². The quantitative estimate of drug-likeness (QED) is 0.364. The second kappa shape index (κ2) is 8.10. The highest BCUT2D eigenvalue weighted by Crippen LogP contribution is 2.28. The highest BCUT2D eigenvalue weighted by Gasteiger charge is 2.25. The van der Waals surface area contributed by atoms with Gasteiger partial charge < -0.3 is 4.98 Å². The molecule has 0 amide bonds. The summed E-state index contributed by atoms with van der Waals surface area (Å²) in [5, 5.41) is 0.175. The molecule has 5 nitrogen and oxygen atoms in total. The summed E-state index contributed by atoms with van der Waals surface area (Å²) < 4.78 is 0. The molecule has 3 aromatic rings. The highest BCUT2D eigenvalue weighted by atomic mass is 32.2. The predicted octanol–water partition coefficient (Wildman–Crippen LogP) is 4.96. The van der Waals surface area contributed by atoms with Crippen molar-refractivity contribution < 1.29 is 9.59 Å². The number of nitrogens with zero attached hydrogens (tertiary/aromatic N) is 2. The van der Waals surface area contributed by atoms with Gasteiger partial charge in [0.1, 0.15) is 0 Å². The van der Waals surface area contributed by atoms with Gasteiger partial charge in [0, 0.05) is 22.5 Å². The molecule has 0 aliphatic rings. The Bertz CT molecular complexity index is 1040. The smallest absolute Gasteiger partial charge is 0.192 e. The van der Waals surface area contributed by atoms with Gasteiger partial charge in [-0.1, -0.05) is 42.1 Å². The predicted molar refractivity (Wildman–Crippen MR) is 112 cm³/mol. The minimum absolute atomic E-state index is 0.0415. The molecule has 144 valence electrons. The Kier molecular flexibility index (Phi) is 5.79. The van der Waals surface area contributed by atoms with Crippen LogP contribution in [0.25, 0.3) is 11.3 Å². The molecule has 6 heteroatoms. The Morgan fingerprint density at radius 3 is 2.36 bits per heavy atom. The lowest BCUT2D eigenvalue weighted by molar-refractivity contribution is 0.0988. The molecule has 0 fully saturated rings. The number of H-pyrrole nitrogens is 1. The maximum atomic E-state index is 13.0. The summed E-state index contributed by atoms with van der Waals surface area (Å²) in [5.74, 6) is -0.107. The molecule has 0 aliphatic carbocycles. The van der Waals surface area contributed by atoms with Crippen LogP contribution in [0.3, 0.4) is 0 Å². The first-order valence-corrected chi connectivity index (χ1v) is 9.98. The molecule has 0 saturated carbocycles. The summed E-state index contributed by atoms with van der Waals surface area (Å²) in [6.45, 7) is 8.89. The van der Waals surface area contributed by atoms with E-state index < -0.39 is 0 Å². The molecule has 1 aromatic carbocycles. The van der Waals surface area contributed by atoms with Gasteiger partial charge in [-0.3, -0.25) is 9.59 Å². The maximum absolute atomic E-state index is 13.0. The van der Waals surface area contributed by atoms with E-state index in [1.807, 2.05) is 64.1 Å². The fraction of sp³-hybridized carbons (Fsp3) is 0.273. The molecular weight excluding hydrogens is 370 g/mol. The number of Topliss-reactive ketones (excluding diaryl/α,β-unsaturated/α-hetero) is 2. The number of ketones is 2. The van der Waals surface area contributed by atoms with Gasteiger partial charge in [0.2, 0.25) is 0 Å². The Morgan fingerprint density at radius 1 is 1.07 bits per heavy atom. The number of aryl methyl sites for hydroxylation is 2. The first-order chi connectivity index (χ1) is 13.3. The van der Waals surface area contributed by atoms with Crippen LogP contribution in [0.1, 0.15) is 51.6 Å². The molecule has 0 aliphatic heterocycles. The first kappa shape index (κ1) is 20.0. The van der Waals surface area contributed by atoms with E-state index in [1.54, 1.807) is 0 Å². The topological polar surface area (TPSA) is 75.7 Å². The molecule has 0 spiro atoms. The number of hydrogen-bond acceptors (Lipinski definition) is 5. The molecule has 1 N–H and O–H groups in total. The van der Waals surface area contributed by atoms with E-state index in [1.165, 1.54) is 18.7 Å². The van der Waals surface area contributed by atoms with Crippen LogP contribution in [-0.4, -0.2) is 31.8 Å². The third-order valence-corrected chi connectivity index (χ3v) is 5.55. The lowest BCUT2D eigenvalue weighted by atomic mass is 10.0. The molecule has 0 saturated heterocycles. The van der Waals surface area contributed by atoms with E-state index in [9.17, 15) is 9.59 Å². The van der Waals surface area contributed by atoms with E-state index in [0.29, 0.717) is 22.0 Å². The zero-order valence-corrected chi connectivity index (χ0v) is 17.5. The third-order valence-electron chi connectivity index (χ3n) is 4.59. The molecule has 0 unspecified atom stereocenters. The average Bonchev–Trinajstić information content (AvgIpc) is 2.95. The summed E-state index contributed by atoms with van der Waals surface area (Å²) >= 11 is 1.33. The second-order valence-corrected chi connectivity index (χ2v) is 8.16. The Labute approximate surface area is 169 Å². The Hall–Kier alpha value is -2.73. The summed E-state index contributed by atoms with van der Waals surface area (Å²) in [4.78, 5) is 37.0. The number of benzene rings is 1. The normalized spacial score (nSPS) is 12.0. The van der Waals surface area contributed by atoms with Crippen molar-refractivity contribution in [2.24, 2.45) is 0 Å². The number of nitrogens with one attached hydrogen (secondary N) is 1. The lowest BCUT2D eigenvalue weighted by Gasteiger charge is -2.11. The van der Waals surface area contributed by atoms with Crippen LogP contribution in [0.4, 0.5) is 0 Å². The molecule has 1 atom stereocenters. The Balaban J connectivity index is 1.86. The number of hydrogen-bond donors (Lipinski definition) is 1. The summed E-state index contributed by atoms with van der Waals surface area (Å²) in [6.07, 6.45) is 0. The van der Waals surface area contributed by atoms with Crippen LogP contribution in [0.5, 0.6) is 0 Å². The number of aromatic amines is 1. The van der Waals surface area contributed by atoms with E-state index in [4.69, 9.17) is 0 Å². The molecular formula is C22H23N3O2S. The number of aromatic nitrogens is 3. The minimum atomic E-state index is -0.387. The van der Waals surface area contributed by atoms with Crippen molar-refractivity contribution in [3.63, 3.8) is 0 Å². The van der Waals surface area contributed by atoms with Gasteiger partial charge in [-0.15, -0.1) is 0 Å². The van der Waals surface area contributed by atoms with Crippen LogP contribution < -0.4 is 0 Å². The average molecular weight is 394 g/mol. The highest BCUT2D eigenvalue weighted by molar-refractivity contribution is 8.00. The van der Waals surface area contributed by atoms with Crippen LogP contribution in [0, 0.1) is 20.8 Å². The van der Waals surface area contributed by atoms with Gasteiger partial charge in [0.05, 0.1) is 16.6 Å². The molecule has 3 rings (SSSR count). The lowest BCUT2D eigenvalue weighted by Crippen LogP contribution is -2.16. The molecule has 0 radical (unpaired) electrons. The van der Waals surface area contributed by atoms with Gasteiger partial charge in [0.25, 0.3) is 0 Å². The monoisotopic (exact) mass is 393 g/mol. The van der Waals surface area contributed by atoms with E-state index in [0.717, 1.165) is 22.6 Å². The summed E-state index contributed by atoms with van der Waals surface area (Å²) in [7, 11) is 0. The number of carbonyl (C=O) groups is 2. The van der Waals surface area contributed by atoms with Crippen molar-refractivity contribution in [1.29, 1.82) is 0 Å². The zero-order chi connectivity index (χ0) is 20.4. The summed E-state index contributed by atoms with van der Waals surface area (Å²) in [6, 6.07) is 11.8. The van der Waals surface area contributed by atoms with Crippen molar-refractivity contribution in [2.75, 3.05) is 0 Å². The molecule has 2 aromatic heterocycles.